The second kappa shape index (κ2) is 10.6. The Kier molecular flexibility index (Phi) is 6.53. The Morgan fingerprint density at radius 3 is 2.62 bits per heavy atom. The lowest BCUT2D eigenvalue weighted by Gasteiger charge is -2.42. The van der Waals surface area contributed by atoms with E-state index in [1.54, 1.807) is 0 Å². The van der Waals surface area contributed by atoms with Gasteiger partial charge in [-0.05, 0) is 91.3 Å². The maximum absolute atomic E-state index is 14.5. The molecule has 45 heavy (non-hydrogen) atoms. The van der Waals surface area contributed by atoms with Crippen molar-refractivity contribution in [3.63, 3.8) is 0 Å². The number of aromatic amines is 2. The highest BCUT2D eigenvalue weighted by Crippen LogP contribution is 2.44. The molecule has 2 aliphatic carbocycles. The van der Waals surface area contributed by atoms with Gasteiger partial charge in [-0.2, -0.15) is 0 Å². The van der Waals surface area contributed by atoms with Crippen LogP contribution >= 0.6 is 0 Å². The topological polar surface area (TPSA) is 83.2 Å². The molecule has 1 spiro atoms. The van der Waals surface area contributed by atoms with E-state index in [1.165, 1.54) is 27.0 Å². The zero-order chi connectivity index (χ0) is 30.6. The highest BCUT2D eigenvalue weighted by atomic mass is 16.5. The Hall–Kier alpha value is -4.88. The maximum Gasteiger partial charge on any atom is 0.237 e. The summed E-state index contributed by atoms with van der Waals surface area (Å²) in [7, 11) is 0. The van der Waals surface area contributed by atoms with E-state index in [4.69, 9.17) is 9.47 Å². The van der Waals surface area contributed by atoms with Crippen LogP contribution in [0.25, 0.3) is 45.2 Å². The minimum atomic E-state index is -1.32. The molecule has 5 aromatic rings. The van der Waals surface area contributed by atoms with Crippen molar-refractivity contribution >= 4 is 39.9 Å². The van der Waals surface area contributed by atoms with E-state index in [-0.39, 0.29) is 17.1 Å². The third-order valence-corrected chi connectivity index (χ3v) is 9.52. The molecule has 1 aliphatic heterocycles. The van der Waals surface area contributed by atoms with Gasteiger partial charge in [0.2, 0.25) is 5.78 Å². The number of fused-ring (bicyclic) bond motifs is 3. The lowest BCUT2D eigenvalue weighted by molar-refractivity contribution is -0.0361. The first kappa shape index (κ1) is 27.7. The molecule has 3 aliphatic rings. The van der Waals surface area contributed by atoms with Gasteiger partial charge in [0.15, 0.2) is 11.4 Å². The number of hydrogen-bond acceptors (Lipinski definition) is 5. The number of aromatic nitrogens is 3. The lowest BCUT2D eigenvalue weighted by Crippen LogP contribution is -2.50. The Morgan fingerprint density at radius 1 is 0.956 bits per heavy atom. The number of rotatable bonds is 8. The summed E-state index contributed by atoms with van der Waals surface area (Å²) in [5.74, 6) is 0.592. The monoisotopic (exact) mass is 596 g/mol. The molecule has 0 amide bonds. The summed E-state index contributed by atoms with van der Waals surface area (Å²) in [5, 5.41) is 3.70. The van der Waals surface area contributed by atoms with Crippen LogP contribution in [0, 0.1) is 0 Å². The van der Waals surface area contributed by atoms with Gasteiger partial charge in [0.1, 0.15) is 5.76 Å². The number of carbonyl (C=O) groups excluding carboxylic acids is 1. The van der Waals surface area contributed by atoms with Crippen molar-refractivity contribution in [2.75, 3.05) is 19.8 Å². The van der Waals surface area contributed by atoms with Gasteiger partial charge in [-0.3, -0.25) is 4.79 Å². The Labute approximate surface area is 261 Å². The number of ether oxygens (including phenoxy) is 2. The predicted molar refractivity (Wildman–Crippen MR) is 178 cm³/mol. The summed E-state index contributed by atoms with van der Waals surface area (Å²) < 4.78 is 12.6. The molecule has 3 heterocycles. The van der Waals surface area contributed by atoms with Crippen LogP contribution < -0.4 is 10.4 Å². The first-order valence-electron chi connectivity index (χ1n) is 15.9. The molecule has 7 nitrogen and oxygen atoms in total. The number of para-hydroxylation sites is 3. The largest absolute Gasteiger partial charge is 0.495 e. The smallest absolute Gasteiger partial charge is 0.237 e. The number of hydrogen-bond donors (Lipinski definition) is 2. The van der Waals surface area contributed by atoms with Crippen LogP contribution in [0.2, 0.25) is 0 Å². The number of H-pyrrole nitrogens is 2. The van der Waals surface area contributed by atoms with Gasteiger partial charge in [0, 0.05) is 47.9 Å². The summed E-state index contributed by atoms with van der Waals surface area (Å²) >= 11 is 0. The van der Waals surface area contributed by atoms with Crippen molar-refractivity contribution in [1.29, 1.82) is 0 Å². The number of allylic oxidation sites excluding steroid dienone is 2. The summed E-state index contributed by atoms with van der Waals surface area (Å²) in [6.07, 6.45) is 13.4. The molecule has 0 radical (unpaired) electrons. The molecule has 2 N–H and O–H groups in total. The quantitative estimate of drug-likeness (QED) is 0.215. The molecule has 0 saturated carbocycles. The lowest BCUT2D eigenvalue weighted by atomic mass is 9.84. The average Bonchev–Trinajstić information content (AvgIpc) is 3.85. The molecule has 1 saturated heterocycles. The van der Waals surface area contributed by atoms with E-state index >= 15 is 0 Å². The van der Waals surface area contributed by atoms with Gasteiger partial charge in [-0.1, -0.05) is 42.5 Å². The summed E-state index contributed by atoms with van der Waals surface area (Å²) in [4.78, 5) is 28.2. The average molecular weight is 597 g/mol. The number of carbonyl (C=O) groups is 1. The number of imidazole rings is 1. The number of Topliss-reactive ketones (excluding diaryl/α,β-unsaturated/α-hetero) is 1. The van der Waals surface area contributed by atoms with Crippen molar-refractivity contribution in [3.8, 4) is 11.1 Å². The third kappa shape index (κ3) is 4.37. The number of likely N-dealkylation sites (tertiary alicyclic amines) is 1. The Balaban J connectivity index is 1.17. The van der Waals surface area contributed by atoms with Crippen LogP contribution in [0.1, 0.15) is 43.7 Å². The zero-order valence-electron chi connectivity index (χ0n) is 25.6. The zero-order valence-corrected chi connectivity index (χ0v) is 25.6. The van der Waals surface area contributed by atoms with Crippen molar-refractivity contribution in [1.82, 2.24) is 19.9 Å². The van der Waals surface area contributed by atoms with E-state index < -0.39 is 5.60 Å². The van der Waals surface area contributed by atoms with Crippen LogP contribution in [0.15, 0.2) is 96.5 Å². The molecule has 0 bridgehead atoms. The Morgan fingerprint density at radius 2 is 1.78 bits per heavy atom. The molecule has 1 fully saturated rings. The molecule has 3 aromatic carbocycles. The number of benzene rings is 3. The fraction of sp³-hybridized carbons (Fsp3) is 0.263. The fourth-order valence-corrected chi connectivity index (χ4v) is 7.55. The highest BCUT2D eigenvalue weighted by molar-refractivity contribution is 6.04. The van der Waals surface area contributed by atoms with Crippen LogP contribution in [0.5, 0.6) is 0 Å². The molecule has 2 atom stereocenters. The molecular formula is C38H36N4O3. The molecule has 8 rings (SSSR count). The molecule has 7 heteroatoms. The fourth-order valence-electron chi connectivity index (χ4n) is 7.55. The number of nitrogens with one attached hydrogen (secondary N) is 2. The second-order valence-corrected chi connectivity index (χ2v) is 12.1. The van der Waals surface area contributed by atoms with E-state index in [0.29, 0.717) is 25.4 Å². The number of ketones is 1. The van der Waals surface area contributed by atoms with Gasteiger partial charge in [0.25, 0.3) is 0 Å². The van der Waals surface area contributed by atoms with Crippen LogP contribution in [-0.4, -0.2) is 56.5 Å². The minimum Gasteiger partial charge on any atom is -0.495 e. The van der Waals surface area contributed by atoms with Crippen LogP contribution in [-0.2, 0) is 9.47 Å². The highest BCUT2D eigenvalue weighted by Gasteiger charge is 2.51. The first-order valence-corrected chi connectivity index (χ1v) is 15.9. The summed E-state index contributed by atoms with van der Waals surface area (Å²) in [6, 6.07) is 22.9. The van der Waals surface area contributed by atoms with Gasteiger partial charge in [-0.15, -0.1) is 0 Å². The van der Waals surface area contributed by atoms with Gasteiger partial charge in [0.05, 0.1) is 23.2 Å². The van der Waals surface area contributed by atoms with Gasteiger partial charge in [-0.25, -0.2) is 4.98 Å². The summed E-state index contributed by atoms with van der Waals surface area (Å²) in [6.45, 7) is 5.53. The number of nitrogens with zero attached hydrogens (tertiary/aromatic N) is 2. The van der Waals surface area contributed by atoms with Crippen molar-refractivity contribution in [3.05, 3.63) is 113 Å². The molecular weight excluding hydrogens is 560 g/mol. The maximum atomic E-state index is 14.5. The van der Waals surface area contributed by atoms with Crippen LogP contribution in [0.4, 0.5) is 0 Å². The van der Waals surface area contributed by atoms with Crippen molar-refractivity contribution in [2.45, 2.75) is 44.2 Å². The minimum absolute atomic E-state index is 0.217. The predicted octanol–water partition coefficient (Wildman–Crippen LogP) is 5.99. The molecule has 2 aromatic heterocycles. The van der Waals surface area contributed by atoms with E-state index in [1.807, 2.05) is 44.2 Å². The van der Waals surface area contributed by atoms with Crippen molar-refractivity contribution < 1.29 is 14.3 Å². The van der Waals surface area contributed by atoms with Crippen molar-refractivity contribution in [2.24, 2.45) is 0 Å². The Bertz CT molecular complexity index is 2120. The second-order valence-electron chi connectivity index (χ2n) is 12.1. The van der Waals surface area contributed by atoms with E-state index in [9.17, 15) is 4.79 Å². The van der Waals surface area contributed by atoms with E-state index in [0.717, 1.165) is 41.6 Å². The molecule has 2 unspecified atom stereocenters. The SMILES string of the molecule is CCOC1=CC=C(N2CCCC23C=c2ccc(-c4c[nH]c5ccccc45)cc2=C3)CC1(OCC)C(=O)c1nc2ccccc2[nH]1. The molecule has 226 valence electrons. The first-order chi connectivity index (χ1) is 22.0. The third-order valence-electron chi connectivity index (χ3n) is 9.52. The van der Waals surface area contributed by atoms with Gasteiger partial charge < -0.3 is 24.3 Å². The van der Waals surface area contributed by atoms with E-state index in [2.05, 4.69) is 86.7 Å². The van der Waals surface area contributed by atoms with Crippen LogP contribution in [0.3, 0.4) is 0 Å². The van der Waals surface area contributed by atoms with Gasteiger partial charge >= 0.3 is 0 Å². The summed E-state index contributed by atoms with van der Waals surface area (Å²) in [5.41, 5.74) is 4.58. The normalized spacial score (nSPS) is 22.3. The standard InChI is InChI=1S/C38H36N4O3/c1-3-44-34-17-16-28(23-38(34,45-4-2)35(43)36-40-32-12-7-8-13-33(32)41-36)42-19-9-18-37(42)21-26-15-14-25(20-27(26)22-37)30-24-39-31-11-6-5-10-29(30)31/h5-8,10-17,20-22,24,39H,3-4,9,18-19,23H2,1-2H3,(H,40,41).